The molecule has 0 saturated heterocycles. The molecule has 114 valence electrons. The van der Waals surface area contributed by atoms with Gasteiger partial charge in [-0.25, -0.2) is 9.50 Å². The molecule has 0 aromatic carbocycles. The SMILES string of the molecule is COCCC(C)(O)CNC(=O)c1cnc2ncnn2c1C. The second kappa shape index (κ2) is 6.15. The fourth-order valence-electron chi connectivity index (χ4n) is 1.89. The van der Waals surface area contributed by atoms with Crippen LogP contribution < -0.4 is 5.32 Å². The zero-order chi connectivity index (χ0) is 15.5. The lowest BCUT2D eigenvalue weighted by Gasteiger charge is -2.23. The number of nitrogens with one attached hydrogen (secondary N) is 1. The van der Waals surface area contributed by atoms with Crippen molar-refractivity contribution in [2.45, 2.75) is 25.9 Å². The summed E-state index contributed by atoms with van der Waals surface area (Å²) >= 11 is 0. The highest BCUT2D eigenvalue weighted by Gasteiger charge is 2.22. The average Bonchev–Trinajstić information content (AvgIpc) is 2.92. The fraction of sp³-hybridized carbons (Fsp3) is 0.538. The van der Waals surface area contributed by atoms with E-state index >= 15 is 0 Å². The Morgan fingerprint density at radius 2 is 2.29 bits per heavy atom. The van der Waals surface area contributed by atoms with Crippen molar-refractivity contribution in [3.8, 4) is 0 Å². The second-order valence-electron chi connectivity index (χ2n) is 5.15. The van der Waals surface area contributed by atoms with Crippen LogP contribution in [0.4, 0.5) is 0 Å². The predicted molar refractivity (Wildman–Crippen MR) is 75.0 cm³/mol. The summed E-state index contributed by atoms with van der Waals surface area (Å²) in [5.74, 6) is 0.131. The average molecular weight is 293 g/mol. The molecule has 2 rings (SSSR count). The highest BCUT2D eigenvalue weighted by atomic mass is 16.5. The van der Waals surface area contributed by atoms with Crippen molar-refractivity contribution >= 4 is 11.7 Å². The van der Waals surface area contributed by atoms with Crippen LogP contribution in [0.25, 0.3) is 5.78 Å². The molecule has 1 unspecified atom stereocenters. The monoisotopic (exact) mass is 293 g/mol. The molecule has 2 aromatic heterocycles. The van der Waals surface area contributed by atoms with Gasteiger partial charge in [0.15, 0.2) is 0 Å². The van der Waals surface area contributed by atoms with Gasteiger partial charge in [0.2, 0.25) is 0 Å². The van der Waals surface area contributed by atoms with Crippen LogP contribution in [0.1, 0.15) is 29.4 Å². The van der Waals surface area contributed by atoms with Crippen molar-refractivity contribution in [1.82, 2.24) is 24.9 Å². The van der Waals surface area contributed by atoms with E-state index in [-0.39, 0.29) is 12.5 Å². The minimum Gasteiger partial charge on any atom is -0.388 e. The lowest BCUT2D eigenvalue weighted by atomic mass is 10.0. The third-order valence-electron chi connectivity index (χ3n) is 3.27. The van der Waals surface area contributed by atoms with Gasteiger partial charge in [-0.2, -0.15) is 10.1 Å². The van der Waals surface area contributed by atoms with Gasteiger partial charge in [0.25, 0.3) is 11.7 Å². The van der Waals surface area contributed by atoms with Crippen LogP contribution in [0.3, 0.4) is 0 Å². The second-order valence-corrected chi connectivity index (χ2v) is 5.15. The molecule has 8 nitrogen and oxygen atoms in total. The van der Waals surface area contributed by atoms with E-state index in [9.17, 15) is 9.90 Å². The molecule has 0 bridgehead atoms. The number of aromatic nitrogens is 4. The number of aliphatic hydroxyl groups is 1. The lowest BCUT2D eigenvalue weighted by molar-refractivity contribution is 0.0243. The van der Waals surface area contributed by atoms with E-state index < -0.39 is 5.60 Å². The third kappa shape index (κ3) is 3.53. The quantitative estimate of drug-likeness (QED) is 0.774. The number of ether oxygens (including phenoxy) is 1. The molecule has 0 radical (unpaired) electrons. The van der Waals surface area contributed by atoms with Crippen LogP contribution in [0, 0.1) is 6.92 Å². The van der Waals surface area contributed by atoms with Crippen molar-refractivity contribution in [3.05, 3.63) is 23.8 Å². The van der Waals surface area contributed by atoms with Crippen molar-refractivity contribution in [3.63, 3.8) is 0 Å². The molecule has 2 N–H and O–H groups in total. The molecule has 0 aliphatic carbocycles. The van der Waals surface area contributed by atoms with Gasteiger partial charge in [0, 0.05) is 32.9 Å². The van der Waals surface area contributed by atoms with Gasteiger partial charge in [-0.15, -0.1) is 0 Å². The Morgan fingerprint density at radius 1 is 1.52 bits per heavy atom. The summed E-state index contributed by atoms with van der Waals surface area (Å²) in [5.41, 5.74) is 0.0201. The van der Waals surface area contributed by atoms with Gasteiger partial charge in [0.05, 0.1) is 16.9 Å². The Balaban J connectivity index is 2.07. The van der Waals surface area contributed by atoms with E-state index in [1.54, 1.807) is 21.0 Å². The first kappa shape index (κ1) is 15.3. The van der Waals surface area contributed by atoms with Crippen LogP contribution >= 0.6 is 0 Å². The normalized spacial score (nSPS) is 14.1. The molecule has 0 aliphatic heterocycles. The minimum atomic E-state index is -1.02. The predicted octanol–water partition coefficient (Wildman–Crippen LogP) is -0.0500. The highest BCUT2D eigenvalue weighted by molar-refractivity contribution is 5.95. The number of methoxy groups -OCH3 is 1. The summed E-state index contributed by atoms with van der Waals surface area (Å²) in [6, 6.07) is 0. The number of hydrogen-bond acceptors (Lipinski definition) is 6. The standard InChI is InChI=1S/C13H19N5O3/c1-9-10(6-14-12-16-8-17-18(9)12)11(19)15-7-13(2,20)4-5-21-3/h6,8,20H,4-5,7H2,1-3H3,(H,15,19). The van der Waals surface area contributed by atoms with Crippen LogP contribution in [-0.4, -0.2) is 56.5 Å². The largest absolute Gasteiger partial charge is 0.388 e. The van der Waals surface area contributed by atoms with Gasteiger partial charge in [-0.3, -0.25) is 4.79 Å². The molecule has 2 aromatic rings. The van der Waals surface area contributed by atoms with Gasteiger partial charge in [-0.05, 0) is 13.8 Å². The molecule has 8 heteroatoms. The minimum absolute atomic E-state index is 0.129. The van der Waals surface area contributed by atoms with Gasteiger partial charge >= 0.3 is 0 Å². The van der Waals surface area contributed by atoms with E-state index in [2.05, 4.69) is 20.4 Å². The number of hydrogen-bond donors (Lipinski definition) is 2. The molecule has 1 atom stereocenters. The first-order chi connectivity index (χ1) is 9.94. The van der Waals surface area contributed by atoms with Crippen molar-refractivity contribution in [2.24, 2.45) is 0 Å². The number of carbonyl (C=O) groups excluding carboxylic acids is 1. The number of aryl methyl sites for hydroxylation is 1. The first-order valence-electron chi connectivity index (χ1n) is 6.59. The molecular weight excluding hydrogens is 274 g/mol. The number of nitrogens with zero attached hydrogens (tertiary/aromatic N) is 4. The van der Waals surface area contributed by atoms with Crippen molar-refractivity contribution < 1.29 is 14.6 Å². The maximum Gasteiger partial charge on any atom is 0.254 e. The number of fused-ring (bicyclic) bond motifs is 1. The Labute approximate surface area is 122 Å². The molecule has 1 amide bonds. The zero-order valence-corrected chi connectivity index (χ0v) is 12.3. The van der Waals surface area contributed by atoms with Gasteiger partial charge in [0.1, 0.15) is 6.33 Å². The molecular formula is C13H19N5O3. The maximum atomic E-state index is 12.2. The summed E-state index contributed by atoms with van der Waals surface area (Å²) in [7, 11) is 1.57. The molecule has 21 heavy (non-hydrogen) atoms. The number of rotatable bonds is 6. The summed E-state index contributed by atoms with van der Waals surface area (Å²) < 4.78 is 6.42. The summed E-state index contributed by atoms with van der Waals surface area (Å²) in [6.45, 7) is 3.97. The number of amides is 1. The molecule has 0 aliphatic rings. The maximum absolute atomic E-state index is 12.2. The van der Waals surface area contributed by atoms with Crippen molar-refractivity contribution in [1.29, 1.82) is 0 Å². The van der Waals surface area contributed by atoms with E-state index in [0.29, 0.717) is 30.1 Å². The molecule has 0 spiro atoms. The van der Waals surface area contributed by atoms with E-state index in [1.165, 1.54) is 17.0 Å². The summed E-state index contributed by atoms with van der Waals surface area (Å²) in [5, 5.41) is 16.8. The van der Waals surface area contributed by atoms with Crippen LogP contribution in [0.15, 0.2) is 12.5 Å². The molecule has 0 fully saturated rings. The van der Waals surface area contributed by atoms with Gasteiger partial charge in [-0.1, -0.05) is 0 Å². The number of carbonyl (C=O) groups is 1. The van der Waals surface area contributed by atoms with E-state index in [0.717, 1.165) is 0 Å². The van der Waals surface area contributed by atoms with Crippen LogP contribution in [0.5, 0.6) is 0 Å². The fourth-order valence-corrected chi connectivity index (χ4v) is 1.89. The van der Waals surface area contributed by atoms with Crippen LogP contribution in [0.2, 0.25) is 0 Å². The van der Waals surface area contributed by atoms with Gasteiger partial charge < -0.3 is 15.2 Å². The van der Waals surface area contributed by atoms with E-state index in [4.69, 9.17) is 4.74 Å². The Kier molecular flexibility index (Phi) is 4.49. The molecule has 0 saturated carbocycles. The Bertz CT molecular complexity index is 638. The van der Waals surface area contributed by atoms with Crippen molar-refractivity contribution in [2.75, 3.05) is 20.3 Å². The topological polar surface area (TPSA) is 102 Å². The van der Waals surface area contributed by atoms with E-state index in [1.807, 2.05) is 0 Å². The van der Waals surface area contributed by atoms with Crippen LogP contribution in [-0.2, 0) is 4.74 Å². The highest BCUT2D eigenvalue weighted by Crippen LogP contribution is 2.10. The summed E-state index contributed by atoms with van der Waals surface area (Å²) in [6.07, 6.45) is 3.27. The first-order valence-corrected chi connectivity index (χ1v) is 6.59. The smallest absolute Gasteiger partial charge is 0.254 e. The Morgan fingerprint density at radius 3 is 3.00 bits per heavy atom. The summed E-state index contributed by atoms with van der Waals surface area (Å²) in [4.78, 5) is 20.2. The lowest BCUT2D eigenvalue weighted by Crippen LogP contribution is -2.41. The molecule has 2 heterocycles. The zero-order valence-electron chi connectivity index (χ0n) is 12.3. The Hall–Kier alpha value is -2.06. The third-order valence-corrected chi connectivity index (χ3v) is 3.27.